The number of nitrogens with zero attached hydrogens (tertiary/aromatic N) is 3. The van der Waals surface area contributed by atoms with Crippen molar-refractivity contribution in [2.75, 3.05) is 20.1 Å². The van der Waals surface area contributed by atoms with E-state index in [1.165, 1.54) is 32.1 Å². The van der Waals surface area contributed by atoms with Crippen LogP contribution in [0.1, 0.15) is 54.8 Å². The highest BCUT2D eigenvalue weighted by molar-refractivity contribution is 5.90. The zero-order valence-electron chi connectivity index (χ0n) is 17.1. The van der Waals surface area contributed by atoms with Gasteiger partial charge in [0.25, 0.3) is 0 Å². The topological polar surface area (TPSA) is 84.4 Å². The fourth-order valence-corrected chi connectivity index (χ4v) is 4.11. The van der Waals surface area contributed by atoms with Gasteiger partial charge in [0.2, 0.25) is 5.82 Å². The highest BCUT2D eigenvalue weighted by Crippen LogP contribution is 2.31. The number of amides is 1. The molecule has 2 aromatic heterocycles. The molecule has 1 saturated carbocycles. The summed E-state index contributed by atoms with van der Waals surface area (Å²) < 4.78 is 11.0. The average molecular weight is 396 g/mol. The molecule has 0 bridgehead atoms. The van der Waals surface area contributed by atoms with E-state index in [9.17, 15) is 4.79 Å². The maximum Gasteiger partial charge on any atom is 0.316 e. The zero-order chi connectivity index (χ0) is 20.2. The standard InChI is InChI=1S/C22H28N4O3/c1-15-17-11-6-7-12-18(17)28-19(15)20-24-22(29-25-20)21(27)23-13-8-14-26(2)16-9-4-3-5-10-16/h6-7,11-12,16H,3-5,8-10,13-14H2,1-2H3,(H,23,27). The Kier molecular flexibility index (Phi) is 5.94. The molecule has 0 radical (unpaired) electrons. The van der Waals surface area contributed by atoms with E-state index < -0.39 is 0 Å². The van der Waals surface area contributed by atoms with Gasteiger partial charge in [-0.05, 0) is 45.8 Å². The summed E-state index contributed by atoms with van der Waals surface area (Å²) in [4.78, 5) is 19.0. The molecular formula is C22H28N4O3. The first-order valence-corrected chi connectivity index (χ1v) is 10.4. The minimum Gasteiger partial charge on any atom is -0.452 e. The number of para-hydroxylation sites is 1. The number of fused-ring (bicyclic) bond motifs is 1. The fourth-order valence-electron chi connectivity index (χ4n) is 4.11. The molecule has 2 heterocycles. The predicted octanol–water partition coefficient (Wildman–Crippen LogP) is 4.18. The second kappa shape index (κ2) is 8.78. The number of rotatable bonds is 7. The molecule has 1 aliphatic carbocycles. The van der Waals surface area contributed by atoms with E-state index in [0.717, 1.165) is 29.5 Å². The molecule has 29 heavy (non-hydrogen) atoms. The third kappa shape index (κ3) is 4.34. The number of carbonyl (C=O) groups excluding carboxylic acids is 1. The Labute approximate surface area is 170 Å². The summed E-state index contributed by atoms with van der Waals surface area (Å²) >= 11 is 0. The Balaban J connectivity index is 1.31. The Morgan fingerprint density at radius 3 is 2.83 bits per heavy atom. The van der Waals surface area contributed by atoms with Crippen LogP contribution in [-0.2, 0) is 0 Å². The van der Waals surface area contributed by atoms with Crippen LogP contribution in [0.4, 0.5) is 0 Å². The van der Waals surface area contributed by atoms with Gasteiger partial charge in [-0.1, -0.05) is 42.6 Å². The maximum atomic E-state index is 12.3. The van der Waals surface area contributed by atoms with Crippen LogP contribution in [0.25, 0.3) is 22.6 Å². The van der Waals surface area contributed by atoms with Crippen molar-refractivity contribution in [2.45, 2.75) is 51.5 Å². The third-order valence-corrected chi connectivity index (χ3v) is 5.84. The Bertz CT molecular complexity index is 972. The summed E-state index contributed by atoms with van der Waals surface area (Å²) in [5.41, 5.74) is 1.69. The van der Waals surface area contributed by atoms with Crippen LogP contribution in [0.3, 0.4) is 0 Å². The highest BCUT2D eigenvalue weighted by atomic mass is 16.5. The van der Waals surface area contributed by atoms with Crippen LogP contribution in [0.2, 0.25) is 0 Å². The first kappa shape index (κ1) is 19.6. The lowest BCUT2D eigenvalue weighted by atomic mass is 9.94. The molecular weight excluding hydrogens is 368 g/mol. The summed E-state index contributed by atoms with van der Waals surface area (Å²) in [6.07, 6.45) is 7.48. The van der Waals surface area contributed by atoms with E-state index in [0.29, 0.717) is 24.2 Å². The van der Waals surface area contributed by atoms with Crippen molar-refractivity contribution in [2.24, 2.45) is 0 Å². The number of benzene rings is 1. The second-order valence-electron chi connectivity index (χ2n) is 7.86. The molecule has 0 atom stereocenters. The molecule has 1 N–H and O–H groups in total. The second-order valence-corrected chi connectivity index (χ2v) is 7.86. The van der Waals surface area contributed by atoms with Crippen LogP contribution >= 0.6 is 0 Å². The normalized spacial score (nSPS) is 15.3. The number of aryl methyl sites for hydroxylation is 1. The number of furan rings is 1. The minimum absolute atomic E-state index is 0.0412. The van der Waals surface area contributed by atoms with Gasteiger partial charge in [0.1, 0.15) is 5.58 Å². The summed E-state index contributed by atoms with van der Waals surface area (Å²) in [7, 11) is 2.18. The van der Waals surface area contributed by atoms with E-state index >= 15 is 0 Å². The first-order chi connectivity index (χ1) is 14.1. The van der Waals surface area contributed by atoms with Gasteiger partial charge in [-0.3, -0.25) is 4.79 Å². The smallest absolute Gasteiger partial charge is 0.316 e. The van der Waals surface area contributed by atoms with Crippen LogP contribution in [0, 0.1) is 6.92 Å². The zero-order valence-corrected chi connectivity index (χ0v) is 17.1. The molecule has 154 valence electrons. The van der Waals surface area contributed by atoms with Crippen LogP contribution in [0.15, 0.2) is 33.2 Å². The highest BCUT2D eigenvalue weighted by Gasteiger charge is 2.21. The minimum atomic E-state index is -0.349. The van der Waals surface area contributed by atoms with E-state index in [-0.39, 0.29) is 11.8 Å². The molecule has 0 unspecified atom stereocenters. The van der Waals surface area contributed by atoms with Gasteiger partial charge in [0, 0.05) is 23.5 Å². The lowest BCUT2D eigenvalue weighted by Crippen LogP contribution is -2.35. The molecule has 0 aliphatic heterocycles. The van der Waals surface area contributed by atoms with Crippen molar-refractivity contribution in [1.29, 1.82) is 0 Å². The van der Waals surface area contributed by atoms with E-state index in [4.69, 9.17) is 8.94 Å². The molecule has 7 heteroatoms. The molecule has 7 nitrogen and oxygen atoms in total. The lowest BCUT2D eigenvalue weighted by molar-refractivity contribution is 0.0906. The van der Waals surface area contributed by atoms with E-state index in [1.807, 2.05) is 31.2 Å². The van der Waals surface area contributed by atoms with Gasteiger partial charge >= 0.3 is 11.8 Å². The van der Waals surface area contributed by atoms with Gasteiger partial charge in [-0.2, -0.15) is 4.98 Å². The molecule has 1 amide bonds. The average Bonchev–Trinajstić information content (AvgIpc) is 3.37. The Morgan fingerprint density at radius 1 is 1.24 bits per heavy atom. The van der Waals surface area contributed by atoms with Crippen molar-refractivity contribution in [3.05, 3.63) is 35.7 Å². The number of nitrogens with one attached hydrogen (secondary N) is 1. The number of hydrogen-bond donors (Lipinski definition) is 1. The molecule has 3 aromatic rings. The van der Waals surface area contributed by atoms with Crippen molar-refractivity contribution in [3.63, 3.8) is 0 Å². The quantitative estimate of drug-likeness (QED) is 0.603. The monoisotopic (exact) mass is 396 g/mol. The first-order valence-electron chi connectivity index (χ1n) is 10.4. The van der Waals surface area contributed by atoms with Gasteiger partial charge in [-0.15, -0.1) is 0 Å². The van der Waals surface area contributed by atoms with Crippen molar-refractivity contribution >= 4 is 16.9 Å². The van der Waals surface area contributed by atoms with Crippen molar-refractivity contribution in [1.82, 2.24) is 20.4 Å². The number of carbonyl (C=O) groups is 1. The SMILES string of the molecule is Cc1c(-c2noc(C(=O)NCCCN(C)C3CCCCC3)n2)oc2ccccc12. The largest absolute Gasteiger partial charge is 0.452 e. The summed E-state index contributed by atoms with van der Waals surface area (Å²) in [6, 6.07) is 8.43. The van der Waals surface area contributed by atoms with E-state index in [1.54, 1.807) is 0 Å². The fraction of sp³-hybridized carbons (Fsp3) is 0.500. The molecule has 1 aliphatic rings. The third-order valence-electron chi connectivity index (χ3n) is 5.84. The van der Waals surface area contributed by atoms with E-state index in [2.05, 4.69) is 27.4 Å². The van der Waals surface area contributed by atoms with Gasteiger partial charge in [0.05, 0.1) is 0 Å². The molecule has 1 fully saturated rings. The molecule has 0 saturated heterocycles. The Hall–Kier alpha value is -2.67. The van der Waals surface area contributed by atoms with Crippen LogP contribution < -0.4 is 5.32 Å². The van der Waals surface area contributed by atoms with Crippen molar-refractivity contribution in [3.8, 4) is 11.6 Å². The predicted molar refractivity (Wildman–Crippen MR) is 111 cm³/mol. The molecule has 1 aromatic carbocycles. The molecule has 0 spiro atoms. The number of hydrogen-bond acceptors (Lipinski definition) is 6. The van der Waals surface area contributed by atoms with Crippen LogP contribution in [0.5, 0.6) is 0 Å². The Morgan fingerprint density at radius 2 is 2.03 bits per heavy atom. The summed E-state index contributed by atoms with van der Waals surface area (Å²) in [5.74, 6) is 0.433. The lowest BCUT2D eigenvalue weighted by Gasteiger charge is -2.31. The van der Waals surface area contributed by atoms with Crippen LogP contribution in [-0.4, -0.2) is 47.1 Å². The summed E-state index contributed by atoms with van der Waals surface area (Å²) in [6.45, 7) is 3.50. The van der Waals surface area contributed by atoms with Gasteiger partial charge < -0.3 is 19.2 Å². The van der Waals surface area contributed by atoms with Crippen molar-refractivity contribution < 1.29 is 13.7 Å². The maximum absolute atomic E-state index is 12.3. The van der Waals surface area contributed by atoms with Gasteiger partial charge in [0.15, 0.2) is 5.76 Å². The summed E-state index contributed by atoms with van der Waals surface area (Å²) in [5, 5.41) is 7.80. The van der Waals surface area contributed by atoms with Gasteiger partial charge in [-0.25, -0.2) is 0 Å². The molecule has 4 rings (SSSR count). The number of aromatic nitrogens is 2.